The van der Waals surface area contributed by atoms with E-state index in [1.807, 2.05) is 95.8 Å². The van der Waals surface area contributed by atoms with Gasteiger partial charge in [0.15, 0.2) is 23.0 Å². The van der Waals surface area contributed by atoms with Crippen molar-refractivity contribution in [2.24, 2.45) is 5.92 Å². The van der Waals surface area contributed by atoms with E-state index in [4.69, 9.17) is 17.7 Å². The van der Waals surface area contributed by atoms with Crippen molar-refractivity contribution in [3.05, 3.63) is 132 Å². The summed E-state index contributed by atoms with van der Waals surface area (Å²) in [5, 5.41) is 0. The van der Waals surface area contributed by atoms with Gasteiger partial charge >= 0.3 is 6.09 Å². The number of hydrogen-bond acceptors (Lipinski definition) is 7. The molecule has 2 amide bonds. The monoisotopic (exact) mass is 840 g/mol. The lowest BCUT2D eigenvalue weighted by molar-refractivity contribution is -0.133. The maximum absolute atomic E-state index is 13.8. The highest BCUT2D eigenvalue weighted by molar-refractivity contribution is 14.2. The molecule has 11 heteroatoms. The molecule has 0 aliphatic carbocycles. The fraction of sp³-hybridized carbons (Fsp3) is 0.212. The molecule has 0 radical (unpaired) electrons. The van der Waals surface area contributed by atoms with Crippen molar-refractivity contribution in [3.8, 4) is 5.75 Å². The Morgan fingerprint density at radius 3 is 2.20 bits per heavy atom. The molecule has 3 atom stereocenters. The van der Waals surface area contributed by atoms with Crippen LogP contribution in [0.5, 0.6) is 5.75 Å². The lowest BCUT2D eigenvalue weighted by atomic mass is 9.90. The Morgan fingerprint density at radius 2 is 1.59 bits per heavy atom. The molecule has 0 bridgehead atoms. The summed E-state index contributed by atoms with van der Waals surface area (Å²) in [6.45, 7) is 0.138. The SMILES string of the molecule is Nc1ccc(OI)cc1.O=C1OCC(c2ccccc2)N1C(=O)C(CCC(OSI)c1ccc(F)cc1)Cc1ccccc1. The quantitative estimate of drug-likeness (QED) is 0.0916. The summed E-state index contributed by atoms with van der Waals surface area (Å²) in [5.41, 5.74) is 8.89. The van der Waals surface area contributed by atoms with Crippen LogP contribution in [0.4, 0.5) is 14.9 Å². The lowest BCUT2D eigenvalue weighted by Crippen LogP contribution is -2.39. The zero-order valence-corrected chi connectivity index (χ0v) is 28.7. The summed E-state index contributed by atoms with van der Waals surface area (Å²) in [5.74, 6) is -0.207. The van der Waals surface area contributed by atoms with E-state index in [0.717, 1.165) is 28.1 Å². The number of nitrogens with two attached hydrogens (primary N) is 1. The number of hydrogen-bond donors (Lipinski definition) is 1. The van der Waals surface area contributed by atoms with Crippen molar-refractivity contribution >= 4 is 71.1 Å². The molecule has 1 heterocycles. The zero-order valence-electron chi connectivity index (χ0n) is 23.6. The van der Waals surface area contributed by atoms with Gasteiger partial charge in [-0.1, -0.05) is 72.8 Å². The molecule has 0 saturated carbocycles. The van der Waals surface area contributed by atoms with Gasteiger partial charge in [0.1, 0.15) is 24.2 Å². The van der Waals surface area contributed by atoms with Crippen LogP contribution in [-0.2, 0) is 20.1 Å². The third-order valence-electron chi connectivity index (χ3n) is 7.11. The van der Waals surface area contributed by atoms with E-state index < -0.39 is 18.1 Å². The molecule has 7 nitrogen and oxygen atoms in total. The van der Waals surface area contributed by atoms with Crippen LogP contribution >= 0.6 is 53.4 Å². The molecule has 5 rings (SSSR count). The number of halogens is 3. The minimum absolute atomic E-state index is 0.138. The van der Waals surface area contributed by atoms with Crippen molar-refractivity contribution in [3.63, 3.8) is 0 Å². The highest BCUT2D eigenvalue weighted by Crippen LogP contribution is 2.35. The van der Waals surface area contributed by atoms with Gasteiger partial charge in [-0.05, 0) is 72.4 Å². The van der Waals surface area contributed by atoms with Crippen LogP contribution in [0.15, 0.2) is 109 Å². The summed E-state index contributed by atoms with van der Waals surface area (Å²) in [7, 11) is 1.20. The average molecular weight is 840 g/mol. The van der Waals surface area contributed by atoms with Gasteiger partial charge in [-0.2, -0.15) is 0 Å². The van der Waals surface area contributed by atoms with Crippen molar-refractivity contribution in [2.45, 2.75) is 31.4 Å². The molecular formula is C33H31FI2N2O5S. The molecule has 44 heavy (non-hydrogen) atoms. The normalized spacial score (nSPS) is 15.5. The number of carbonyl (C=O) groups excluding carboxylic acids is 2. The van der Waals surface area contributed by atoms with E-state index in [-0.39, 0.29) is 24.4 Å². The maximum atomic E-state index is 13.8. The molecule has 1 aliphatic heterocycles. The van der Waals surface area contributed by atoms with Crippen LogP contribution in [0, 0.1) is 11.7 Å². The van der Waals surface area contributed by atoms with Crippen LogP contribution < -0.4 is 8.80 Å². The number of benzene rings is 4. The van der Waals surface area contributed by atoms with Gasteiger partial charge in [0.2, 0.25) is 5.91 Å². The fourth-order valence-corrected chi connectivity index (χ4v) is 6.20. The van der Waals surface area contributed by atoms with E-state index in [9.17, 15) is 14.0 Å². The number of nitrogen functional groups attached to an aromatic ring is 1. The van der Waals surface area contributed by atoms with E-state index in [1.165, 1.54) is 26.2 Å². The number of carbonyl (C=O) groups is 2. The van der Waals surface area contributed by atoms with Crippen molar-refractivity contribution in [1.82, 2.24) is 4.90 Å². The maximum Gasteiger partial charge on any atom is 0.417 e. The number of nitrogens with zero attached hydrogens (tertiary/aromatic N) is 1. The molecular weight excluding hydrogens is 809 g/mol. The second-order valence-corrected chi connectivity index (χ2v) is 11.9. The second-order valence-electron chi connectivity index (χ2n) is 10.0. The number of anilines is 1. The lowest BCUT2D eigenvalue weighted by Gasteiger charge is -2.26. The van der Waals surface area contributed by atoms with Crippen molar-refractivity contribution in [2.75, 3.05) is 12.3 Å². The zero-order chi connectivity index (χ0) is 31.3. The summed E-state index contributed by atoms with van der Waals surface area (Å²) in [6.07, 6.45) is 0.565. The molecule has 4 aromatic rings. The van der Waals surface area contributed by atoms with Gasteiger partial charge in [-0.25, -0.2) is 14.1 Å². The number of cyclic esters (lactones) is 1. The molecule has 3 unspecified atom stereocenters. The summed E-state index contributed by atoms with van der Waals surface area (Å²) in [4.78, 5) is 27.8. The Morgan fingerprint density at radius 1 is 0.955 bits per heavy atom. The van der Waals surface area contributed by atoms with Crippen LogP contribution in [0.2, 0.25) is 0 Å². The topological polar surface area (TPSA) is 91.1 Å². The van der Waals surface area contributed by atoms with Crippen molar-refractivity contribution < 1.29 is 26.0 Å². The van der Waals surface area contributed by atoms with Gasteiger partial charge in [-0.15, -0.1) is 0 Å². The first-order valence-electron chi connectivity index (χ1n) is 13.8. The van der Waals surface area contributed by atoms with Crippen LogP contribution in [0.1, 0.15) is 41.7 Å². The summed E-state index contributed by atoms with van der Waals surface area (Å²) in [6, 6.07) is 32.2. The van der Waals surface area contributed by atoms with Gasteiger partial charge in [0, 0.05) is 32.8 Å². The van der Waals surface area contributed by atoms with Crippen molar-refractivity contribution in [1.29, 1.82) is 0 Å². The van der Waals surface area contributed by atoms with Crippen LogP contribution in [-0.4, -0.2) is 23.5 Å². The molecule has 230 valence electrons. The highest BCUT2D eigenvalue weighted by atomic mass is 127. The Hall–Kier alpha value is -2.88. The number of ether oxygens (including phenoxy) is 1. The number of imide groups is 1. The number of rotatable bonds is 11. The Balaban J connectivity index is 0.000000421. The Bertz CT molecular complexity index is 1470. The molecule has 0 spiro atoms. The molecule has 4 aromatic carbocycles. The molecule has 1 saturated heterocycles. The number of amides is 2. The van der Waals surface area contributed by atoms with Gasteiger partial charge < -0.3 is 13.5 Å². The Labute approximate surface area is 287 Å². The molecule has 1 fully saturated rings. The van der Waals surface area contributed by atoms with Gasteiger partial charge in [0.25, 0.3) is 0 Å². The van der Waals surface area contributed by atoms with E-state index in [1.54, 1.807) is 24.3 Å². The fourth-order valence-electron chi connectivity index (χ4n) is 4.86. The van der Waals surface area contributed by atoms with Crippen LogP contribution in [0.25, 0.3) is 0 Å². The first-order valence-corrected chi connectivity index (χ1v) is 18.0. The van der Waals surface area contributed by atoms with Gasteiger partial charge in [0.05, 0.1) is 15.3 Å². The predicted octanol–water partition coefficient (Wildman–Crippen LogP) is 9.24. The van der Waals surface area contributed by atoms with E-state index in [2.05, 4.69) is 21.2 Å². The molecule has 2 N–H and O–H groups in total. The third-order valence-corrected chi connectivity index (χ3v) is 8.55. The van der Waals surface area contributed by atoms with E-state index in [0.29, 0.717) is 19.3 Å². The minimum Gasteiger partial charge on any atom is -0.446 e. The van der Waals surface area contributed by atoms with Crippen LogP contribution in [0.3, 0.4) is 0 Å². The Kier molecular flexibility index (Phi) is 13.6. The largest absolute Gasteiger partial charge is 0.446 e. The average Bonchev–Trinajstić information content (AvgIpc) is 3.45. The smallest absolute Gasteiger partial charge is 0.417 e. The summed E-state index contributed by atoms with van der Waals surface area (Å²) < 4.78 is 29.5. The standard InChI is InChI=1S/C27H25FINO4S.C6H6INO/c28-23-14-11-21(12-15-23)25(34-35-29)16-13-22(17-19-7-3-1-4-8-19)26(31)30-24(18-33-27(30)32)20-9-5-2-6-10-20;7-9-6-3-1-5(8)2-4-6/h1-12,14-15,22,24-25H,13,16-18H2;1-4H,8H2. The first kappa shape index (κ1) is 34.0. The second kappa shape index (κ2) is 17.6. The van der Waals surface area contributed by atoms with Gasteiger partial charge in [-0.3, -0.25) is 8.98 Å². The van der Waals surface area contributed by atoms with E-state index >= 15 is 0 Å². The predicted molar refractivity (Wildman–Crippen MR) is 188 cm³/mol. The summed E-state index contributed by atoms with van der Waals surface area (Å²) >= 11 is 3.88. The minimum atomic E-state index is -0.615. The highest BCUT2D eigenvalue weighted by Gasteiger charge is 2.41. The third kappa shape index (κ3) is 9.81. The molecule has 1 aliphatic rings. The first-order chi connectivity index (χ1) is 21.4. The molecule has 0 aromatic heterocycles.